The first kappa shape index (κ1) is 30.4. The van der Waals surface area contributed by atoms with Crippen LogP contribution in [0.25, 0.3) is 0 Å². The summed E-state index contributed by atoms with van der Waals surface area (Å²) in [5.41, 5.74) is 1.23. The number of likely N-dealkylation sites (N-methyl/N-ethyl adjacent to an activating group) is 2. The third kappa shape index (κ3) is 7.66. The molecule has 3 N–H and O–H groups in total. The Morgan fingerprint density at radius 3 is 1.91 bits per heavy atom. The van der Waals surface area contributed by atoms with Gasteiger partial charge in [-0.05, 0) is 37.8 Å². The van der Waals surface area contributed by atoms with Crippen molar-refractivity contribution >= 4 is 17.8 Å². The van der Waals surface area contributed by atoms with Gasteiger partial charge in [0.2, 0.25) is 11.8 Å². The molecule has 0 aliphatic heterocycles. The van der Waals surface area contributed by atoms with Gasteiger partial charge in [0.25, 0.3) is 0 Å². The molecular weight excluding hydrogens is 442 g/mol. The second-order valence-corrected chi connectivity index (χ2v) is 11.5. The summed E-state index contributed by atoms with van der Waals surface area (Å²) >= 11 is 0. The Hall–Kier alpha value is -2.67. The van der Waals surface area contributed by atoms with E-state index in [9.17, 15) is 19.5 Å². The number of hydrogen-bond donors (Lipinski definition) is 3. The van der Waals surface area contributed by atoms with Crippen molar-refractivity contribution in [2.75, 3.05) is 14.1 Å². The molecule has 0 fully saturated rings. The van der Waals surface area contributed by atoms with Gasteiger partial charge >= 0.3 is 5.97 Å². The molecule has 0 spiro atoms. The molecule has 2 amide bonds. The summed E-state index contributed by atoms with van der Waals surface area (Å²) in [6.07, 6.45) is 1.60. The summed E-state index contributed by atoms with van der Waals surface area (Å²) in [5, 5.41) is 15.5. The van der Waals surface area contributed by atoms with E-state index in [0.29, 0.717) is 0 Å². The van der Waals surface area contributed by atoms with Gasteiger partial charge in [-0.3, -0.25) is 9.59 Å². The molecular formula is C28H45N3O4. The third-order valence-electron chi connectivity index (χ3n) is 6.70. The van der Waals surface area contributed by atoms with E-state index in [0.717, 1.165) is 11.1 Å². The largest absolute Gasteiger partial charge is 0.478 e. The maximum Gasteiger partial charge on any atom is 0.331 e. The highest BCUT2D eigenvalue weighted by atomic mass is 16.4. The van der Waals surface area contributed by atoms with Gasteiger partial charge in [0.15, 0.2) is 0 Å². The molecule has 1 aromatic rings. The Balaban J connectivity index is 3.30. The van der Waals surface area contributed by atoms with E-state index in [4.69, 9.17) is 0 Å². The minimum atomic E-state index is -1.02. The van der Waals surface area contributed by atoms with Crippen molar-refractivity contribution in [1.29, 1.82) is 0 Å². The SMILES string of the molecule is CN[C@@H](C(=O)NC(C(=O)N(C)[C@H](/C=C(\C)C(=O)O)C(C)C)C(C)(C)C)C(C)(C)c1ccc(C)cc1. The molecule has 0 aromatic heterocycles. The van der Waals surface area contributed by atoms with E-state index in [1.807, 2.05) is 79.7 Å². The zero-order valence-electron chi connectivity index (χ0n) is 23.3. The summed E-state index contributed by atoms with van der Waals surface area (Å²) in [6.45, 7) is 17.2. The number of hydrogen-bond acceptors (Lipinski definition) is 4. The molecule has 0 heterocycles. The molecule has 1 unspecified atom stereocenters. The van der Waals surface area contributed by atoms with Crippen LogP contribution in [0.2, 0.25) is 0 Å². The van der Waals surface area contributed by atoms with Gasteiger partial charge in [-0.15, -0.1) is 0 Å². The van der Waals surface area contributed by atoms with Crippen molar-refractivity contribution in [1.82, 2.24) is 15.5 Å². The van der Waals surface area contributed by atoms with Gasteiger partial charge in [0.1, 0.15) is 6.04 Å². The van der Waals surface area contributed by atoms with E-state index >= 15 is 0 Å². The van der Waals surface area contributed by atoms with Crippen LogP contribution >= 0.6 is 0 Å². The van der Waals surface area contributed by atoms with Crippen LogP contribution in [0.3, 0.4) is 0 Å². The first-order chi connectivity index (χ1) is 15.9. The van der Waals surface area contributed by atoms with E-state index in [2.05, 4.69) is 10.6 Å². The number of carboxylic acid groups (broad SMARTS) is 1. The van der Waals surface area contributed by atoms with Crippen molar-refractivity contribution in [2.24, 2.45) is 11.3 Å². The lowest BCUT2D eigenvalue weighted by Gasteiger charge is -2.40. The Morgan fingerprint density at radius 2 is 1.51 bits per heavy atom. The van der Waals surface area contributed by atoms with Crippen LogP contribution in [-0.2, 0) is 19.8 Å². The van der Waals surface area contributed by atoms with E-state index < -0.39 is 34.9 Å². The number of carbonyl (C=O) groups is 3. The van der Waals surface area contributed by atoms with Crippen molar-refractivity contribution in [2.45, 2.75) is 85.9 Å². The predicted octanol–water partition coefficient (Wildman–Crippen LogP) is 3.91. The number of aliphatic carboxylic acids is 1. The van der Waals surface area contributed by atoms with Crippen LogP contribution in [0.5, 0.6) is 0 Å². The third-order valence-corrected chi connectivity index (χ3v) is 6.70. The van der Waals surface area contributed by atoms with Crippen LogP contribution in [0, 0.1) is 18.3 Å². The van der Waals surface area contributed by atoms with E-state index in [1.165, 1.54) is 6.92 Å². The fourth-order valence-electron chi connectivity index (χ4n) is 4.27. The summed E-state index contributed by atoms with van der Waals surface area (Å²) in [5.74, 6) is -1.56. The first-order valence-electron chi connectivity index (χ1n) is 12.2. The molecule has 0 bridgehead atoms. The standard InChI is InChI=1S/C28H45N3O4/c1-17(2)21(16-19(4)26(34)35)31(11)25(33)23(27(5,6)7)30-24(32)22(29-10)28(8,9)20-14-12-18(3)13-15-20/h12-17,21-23,29H,1-11H3,(H,30,32)(H,34,35)/b19-16+/t21-,22+,23?/m1/s1. The van der Waals surface area contributed by atoms with Crippen LogP contribution < -0.4 is 10.6 Å². The Morgan fingerprint density at radius 1 is 1.00 bits per heavy atom. The summed E-state index contributed by atoms with van der Waals surface area (Å²) in [6, 6.07) is 6.29. The molecule has 7 nitrogen and oxygen atoms in total. The Labute approximate surface area is 211 Å². The first-order valence-corrected chi connectivity index (χ1v) is 12.2. The molecule has 0 radical (unpaired) electrons. The van der Waals surface area contributed by atoms with Crippen molar-refractivity contribution < 1.29 is 19.5 Å². The Kier molecular flexibility index (Phi) is 10.3. The van der Waals surface area contributed by atoms with Crippen LogP contribution in [0.4, 0.5) is 0 Å². The highest BCUT2D eigenvalue weighted by Crippen LogP contribution is 2.29. The second-order valence-electron chi connectivity index (χ2n) is 11.5. The van der Waals surface area contributed by atoms with Gasteiger partial charge in [0, 0.05) is 18.0 Å². The predicted molar refractivity (Wildman–Crippen MR) is 141 cm³/mol. The van der Waals surface area contributed by atoms with Crippen molar-refractivity contribution in [3.8, 4) is 0 Å². The quantitative estimate of drug-likeness (QED) is 0.435. The molecule has 1 aromatic carbocycles. The van der Waals surface area contributed by atoms with Crippen LogP contribution in [0.15, 0.2) is 35.9 Å². The lowest BCUT2D eigenvalue weighted by atomic mass is 9.76. The average Bonchev–Trinajstić information content (AvgIpc) is 2.74. The highest BCUT2D eigenvalue weighted by molar-refractivity contribution is 5.91. The second kappa shape index (κ2) is 11.8. The van der Waals surface area contributed by atoms with Crippen molar-refractivity contribution in [3.63, 3.8) is 0 Å². The zero-order valence-corrected chi connectivity index (χ0v) is 23.3. The number of aryl methyl sites for hydroxylation is 1. The fraction of sp³-hybridized carbons (Fsp3) is 0.607. The number of carbonyl (C=O) groups excluding carboxylic acids is 2. The number of benzene rings is 1. The van der Waals surface area contributed by atoms with Gasteiger partial charge in [0.05, 0.1) is 12.1 Å². The number of carboxylic acids is 1. The molecule has 0 aliphatic rings. The summed E-state index contributed by atoms with van der Waals surface area (Å²) < 4.78 is 0. The molecule has 0 saturated carbocycles. The topological polar surface area (TPSA) is 98.7 Å². The number of amides is 2. The maximum absolute atomic E-state index is 13.7. The van der Waals surface area contributed by atoms with E-state index in [-0.39, 0.29) is 23.3 Å². The van der Waals surface area contributed by atoms with Crippen LogP contribution in [-0.4, -0.2) is 60.0 Å². The minimum absolute atomic E-state index is 0.0138. The average molecular weight is 488 g/mol. The monoisotopic (exact) mass is 487 g/mol. The Bertz CT molecular complexity index is 927. The molecule has 1 rings (SSSR count). The number of nitrogens with one attached hydrogen (secondary N) is 2. The lowest BCUT2D eigenvalue weighted by molar-refractivity contribution is -0.141. The van der Waals surface area contributed by atoms with Gasteiger partial charge in [-0.2, -0.15) is 0 Å². The lowest BCUT2D eigenvalue weighted by Crippen LogP contribution is -2.61. The minimum Gasteiger partial charge on any atom is -0.478 e. The van der Waals surface area contributed by atoms with Gasteiger partial charge in [-0.25, -0.2) is 4.79 Å². The molecule has 0 aliphatic carbocycles. The maximum atomic E-state index is 13.7. The molecule has 0 saturated heterocycles. The van der Waals surface area contributed by atoms with E-state index in [1.54, 1.807) is 25.1 Å². The molecule has 7 heteroatoms. The smallest absolute Gasteiger partial charge is 0.331 e. The van der Waals surface area contributed by atoms with Gasteiger partial charge in [-0.1, -0.05) is 84.4 Å². The molecule has 196 valence electrons. The summed E-state index contributed by atoms with van der Waals surface area (Å²) in [4.78, 5) is 40.2. The number of rotatable bonds is 10. The summed E-state index contributed by atoms with van der Waals surface area (Å²) in [7, 11) is 3.41. The van der Waals surface area contributed by atoms with Crippen molar-refractivity contribution in [3.05, 3.63) is 47.0 Å². The fourth-order valence-corrected chi connectivity index (χ4v) is 4.27. The van der Waals surface area contributed by atoms with Crippen LogP contribution in [0.1, 0.15) is 66.5 Å². The normalized spacial score (nSPS) is 15.4. The molecule has 35 heavy (non-hydrogen) atoms. The zero-order chi connectivity index (χ0) is 27.3. The van der Waals surface area contributed by atoms with Gasteiger partial charge < -0.3 is 20.6 Å². The highest BCUT2D eigenvalue weighted by Gasteiger charge is 2.41. The number of nitrogens with zero attached hydrogens (tertiary/aromatic N) is 1. The molecule has 3 atom stereocenters.